The van der Waals surface area contributed by atoms with Crippen LogP contribution in [0.1, 0.15) is 28.8 Å². The second-order valence-corrected chi connectivity index (χ2v) is 7.74. The first kappa shape index (κ1) is 24.8. The predicted octanol–water partition coefficient (Wildman–Crippen LogP) is 1.21. The Morgan fingerprint density at radius 3 is 2.49 bits per heavy atom. The number of rotatable bonds is 10. The van der Waals surface area contributed by atoms with Crippen LogP contribution < -0.4 is 21.9 Å². The Morgan fingerprint density at radius 2 is 1.86 bits per heavy atom. The number of nitrogens with one attached hydrogen (secondary N) is 3. The summed E-state index contributed by atoms with van der Waals surface area (Å²) in [4.78, 5) is 53.0. The number of aromatic nitrogens is 2. The molecule has 0 aliphatic carbocycles. The standard InChI is InChI=1S/C24H23N5O6/c1-2-15(11-13-3-8-18-17(12-13)22(33)29-24(25)28-18)26-16-6-4-14(5-7-16)21(32)27-19(23(34)35)9-10-20(30)31/h1,3-8,12,15,19,26H,9-11H2,(H,27,32)(H,30,31)(H,34,35)(H3,25,28,29,33)/t15?,19-/m0/s1. The van der Waals surface area contributed by atoms with E-state index in [0.717, 1.165) is 5.56 Å². The zero-order valence-corrected chi connectivity index (χ0v) is 18.4. The fraction of sp³-hybridized carbons (Fsp3) is 0.208. The van der Waals surface area contributed by atoms with Crippen LogP contribution in [0.5, 0.6) is 0 Å². The molecule has 3 aromatic rings. The topological polar surface area (TPSA) is 187 Å². The van der Waals surface area contributed by atoms with E-state index in [2.05, 4.69) is 26.5 Å². The number of hydrogen-bond acceptors (Lipinski definition) is 7. The SMILES string of the molecule is C#CC(Cc1ccc2nc(N)[nH]c(=O)c2c1)Nc1ccc(C(=O)N[C@@H](CCC(=O)O)C(=O)O)cc1. The lowest BCUT2D eigenvalue weighted by atomic mass is 10.0. The van der Waals surface area contributed by atoms with Crippen LogP contribution in [-0.4, -0.2) is 50.1 Å². The van der Waals surface area contributed by atoms with E-state index in [4.69, 9.17) is 17.3 Å². The van der Waals surface area contributed by atoms with Crippen molar-refractivity contribution in [1.29, 1.82) is 0 Å². The third kappa shape index (κ3) is 6.58. The summed E-state index contributed by atoms with van der Waals surface area (Å²) in [5, 5.41) is 23.8. The molecule has 0 saturated heterocycles. The van der Waals surface area contributed by atoms with E-state index in [1.165, 1.54) is 12.1 Å². The maximum Gasteiger partial charge on any atom is 0.326 e. The van der Waals surface area contributed by atoms with Crippen LogP contribution in [-0.2, 0) is 16.0 Å². The average Bonchev–Trinajstić information content (AvgIpc) is 2.81. The van der Waals surface area contributed by atoms with Gasteiger partial charge in [-0.3, -0.25) is 19.4 Å². The number of fused-ring (bicyclic) bond motifs is 1. The molecule has 1 aromatic heterocycles. The lowest BCUT2D eigenvalue weighted by Crippen LogP contribution is -2.41. The number of carboxylic acids is 2. The van der Waals surface area contributed by atoms with Crippen molar-refractivity contribution in [2.45, 2.75) is 31.3 Å². The number of terminal acetylenes is 1. The minimum atomic E-state index is -1.32. The molecule has 0 saturated carbocycles. The minimum absolute atomic E-state index is 0.0364. The van der Waals surface area contributed by atoms with Gasteiger partial charge in [-0.05, 0) is 48.4 Å². The Balaban J connectivity index is 1.65. The summed E-state index contributed by atoms with van der Waals surface area (Å²) in [7, 11) is 0. The lowest BCUT2D eigenvalue weighted by Gasteiger charge is -2.16. The number of aromatic amines is 1. The number of carbonyl (C=O) groups is 3. The summed E-state index contributed by atoms with van der Waals surface area (Å²) in [6, 6.07) is 9.66. The Hall–Kier alpha value is -4.85. The highest BCUT2D eigenvalue weighted by Gasteiger charge is 2.21. The quantitative estimate of drug-likeness (QED) is 0.233. The molecule has 0 aliphatic rings. The maximum atomic E-state index is 12.4. The molecule has 7 N–H and O–H groups in total. The van der Waals surface area contributed by atoms with Crippen molar-refractivity contribution in [3.63, 3.8) is 0 Å². The average molecular weight is 477 g/mol. The molecule has 2 aromatic carbocycles. The van der Waals surface area contributed by atoms with E-state index >= 15 is 0 Å². The van der Waals surface area contributed by atoms with Crippen LogP contribution in [0.4, 0.5) is 11.6 Å². The zero-order chi connectivity index (χ0) is 25.5. The third-order valence-electron chi connectivity index (χ3n) is 5.17. The number of aliphatic carboxylic acids is 2. The first-order valence-electron chi connectivity index (χ1n) is 10.5. The molecule has 35 heavy (non-hydrogen) atoms. The molecule has 1 unspecified atom stereocenters. The third-order valence-corrected chi connectivity index (χ3v) is 5.17. The molecule has 2 atom stereocenters. The summed E-state index contributed by atoms with van der Waals surface area (Å²) >= 11 is 0. The van der Waals surface area contributed by atoms with Gasteiger partial charge in [0.25, 0.3) is 11.5 Å². The maximum absolute atomic E-state index is 12.4. The van der Waals surface area contributed by atoms with E-state index in [0.29, 0.717) is 23.0 Å². The van der Waals surface area contributed by atoms with Gasteiger partial charge in [0.1, 0.15) is 6.04 Å². The highest BCUT2D eigenvalue weighted by atomic mass is 16.4. The van der Waals surface area contributed by atoms with Crippen LogP contribution in [0.2, 0.25) is 0 Å². The summed E-state index contributed by atoms with van der Waals surface area (Å²) in [6.07, 6.45) is 5.46. The van der Waals surface area contributed by atoms with Gasteiger partial charge in [-0.1, -0.05) is 12.0 Å². The smallest absolute Gasteiger partial charge is 0.326 e. The van der Waals surface area contributed by atoms with Gasteiger partial charge in [-0.15, -0.1) is 6.42 Å². The van der Waals surface area contributed by atoms with Gasteiger partial charge >= 0.3 is 11.9 Å². The normalized spacial score (nSPS) is 12.3. The highest BCUT2D eigenvalue weighted by Crippen LogP contribution is 2.16. The van der Waals surface area contributed by atoms with Crippen molar-refractivity contribution in [1.82, 2.24) is 15.3 Å². The molecule has 3 rings (SSSR count). The lowest BCUT2D eigenvalue weighted by molar-refractivity contribution is -0.140. The number of anilines is 2. The van der Waals surface area contributed by atoms with Gasteiger partial charge in [0, 0.05) is 24.1 Å². The van der Waals surface area contributed by atoms with E-state index in [1.54, 1.807) is 30.3 Å². The second-order valence-electron chi connectivity index (χ2n) is 7.74. The molecule has 0 bridgehead atoms. The van der Waals surface area contributed by atoms with Crippen LogP contribution in [0.15, 0.2) is 47.3 Å². The molecular weight excluding hydrogens is 454 g/mol. The van der Waals surface area contributed by atoms with Crippen LogP contribution in [0.3, 0.4) is 0 Å². The number of nitrogens with zero attached hydrogens (tertiary/aromatic N) is 1. The second kappa shape index (κ2) is 10.8. The first-order chi connectivity index (χ1) is 16.7. The molecule has 11 nitrogen and oxygen atoms in total. The Bertz CT molecular complexity index is 1360. The van der Waals surface area contributed by atoms with Gasteiger partial charge in [0.15, 0.2) is 0 Å². The Morgan fingerprint density at radius 1 is 1.14 bits per heavy atom. The molecule has 1 heterocycles. The predicted molar refractivity (Wildman–Crippen MR) is 129 cm³/mol. The van der Waals surface area contributed by atoms with E-state index in [9.17, 15) is 24.3 Å². The largest absolute Gasteiger partial charge is 0.481 e. The van der Waals surface area contributed by atoms with Crippen molar-refractivity contribution in [2.75, 3.05) is 11.1 Å². The van der Waals surface area contributed by atoms with E-state index in [-0.39, 0.29) is 29.9 Å². The number of benzene rings is 2. The number of amides is 1. The van der Waals surface area contributed by atoms with Gasteiger partial charge in [-0.2, -0.15) is 0 Å². The first-order valence-corrected chi connectivity index (χ1v) is 10.5. The van der Waals surface area contributed by atoms with Crippen LogP contribution >= 0.6 is 0 Å². The Kier molecular flexibility index (Phi) is 7.68. The molecule has 0 radical (unpaired) electrons. The highest BCUT2D eigenvalue weighted by molar-refractivity contribution is 5.97. The van der Waals surface area contributed by atoms with E-state index < -0.39 is 29.9 Å². The number of carbonyl (C=O) groups excluding carboxylic acids is 1. The number of H-pyrrole nitrogens is 1. The van der Waals surface area contributed by atoms with Gasteiger partial charge < -0.3 is 26.6 Å². The fourth-order valence-electron chi connectivity index (χ4n) is 3.40. The monoisotopic (exact) mass is 477 g/mol. The summed E-state index contributed by atoms with van der Waals surface area (Å²) in [5.74, 6) is -0.426. The molecule has 0 spiro atoms. The molecule has 180 valence electrons. The minimum Gasteiger partial charge on any atom is -0.481 e. The van der Waals surface area contributed by atoms with Crippen molar-refractivity contribution < 1.29 is 24.6 Å². The zero-order valence-electron chi connectivity index (χ0n) is 18.4. The van der Waals surface area contributed by atoms with Gasteiger partial charge in [0.05, 0.1) is 16.9 Å². The van der Waals surface area contributed by atoms with Crippen molar-refractivity contribution in [3.05, 3.63) is 63.9 Å². The molecule has 11 heteroatoms. The van der Waals surface area contributed by atoms with Crippen molar-refractivity contribution >= 4 is 40.4 Å². The molecule has 1 amide bonds. The number of nitrogen functional groups attached to an aromatic ring is 1. The van der Waals surface area contributed by atoms with Crippen molar-refractivity contribution in [3.8, 4) is 12.3 Å². The summed E-state index contributed by atoms with van der Waals surface area (Å²) in [5.41, 5.74) is 7.33. The molecule has 0 aliphatic heterocycles. The van der Waals surface area contributed by atoms with Gasteiger partial charge in [-0.25, -0.2) is 9.78 Å². The van der Waals surface area contributed by atoms with Crippen molar-refractivity contribution in [2.24, 2.45) is 0 Å². The van der Waals surface area contributed by atoms with E-state index in [1.807, 2.05) is 0 Å². The van der Waals surface area contributed by atoms with Gasteiger partial charge in [0.2, 0.25) is 5.95 Å². The molecule has 0 fully saturated rings. The number of hydrogen-bond donors (Lipinski definition) is 6. The van der Waals surface area contributed by atoms with Crippen LogP contribution in [0, 0.1) is 12.3 Å². The number of carboxylic acid groups (broad SMARTS) is 2. The molecular formula is C24H23N5O6. The Labute approximate surface area is 199 Å². The summed E-state index contributed by atoms with van der Waals surface area (Å²) in [6.45, 7) is 0. The summed E-state index contributed by atoms with van der Waals surface area (Å²) < 4.78 is 0. The number of nitrogens with two attached hydrogens (primary N) is 1. The fourth-order valence-corrected chi connectivity index (χ4v) is 3.40. The van der Waals surface area contributed by atoms with Crippen LogP contribution in [0.25, 0.3) is 10.9 Å².